The van der Waals surface area contributed by atoms with E-state index < -0.39 is 12.0 Å². The Kier molecular flexibility index (Phi) is 8.71. The number of aromatic carboxylic acids is 1. The molecule has 0 bridgehead atoms. The maximum atomic E-state index is 13.4. The maximum absolute atomic E-state index is 13.4. The van der Waals surface area contributed by atoms with Crippen molar-refractivity contribution >= 4 is 45.9 Å². The molecule has 3 heterocycles. The fourth-order valence-corrected chi connectivity index (χ4v) is 4.92. The van der Waals surface area contributed by atoms with Gasteiger partial charge in [-0.25, -0.2) is 29.2 Å². The van der Waals surface area contributed by atoms with E-state index in [2.05, 4.69) is 51.7 Å². The number of hydrogen-bond donors (Lipinski definition) is 4. The predicted octanol–water partition coefficient (Wildman–Crippen LogP) is 7.48. The van der Waals surface area contributed by atoms with Crippen molar-refractivity contribution in [2.24, 2.45) is 0 Å². The van der Waals surface area contributed by atoms with Gasteiger partial charge in [0.25, 0.3) is 0 Å². The van der Waals surface area contributed by atoms with Crippen molar-refractivity contribution in [2.75, 3.05) is 16.0 Å². The first-order valence-corrected chi connectivity index (χ1v) is 15.2. The lowest BCUT2D eigenvalue weighted by molar-refractivity contribution is 0.0690. The van der Waals surface area contributed by atoms with E-state index in [0.29, 0.717) is 28.9 Å². The van der Waals surface area contributed by atoms with Gasteiger partial charge in [0.1, 0.15) is 29.8 Å². The zero-order valence-electron chi connectivity index (χ0n) is 26.9. The molecule has 0 aliphatic heterocycles. The number of nitrogens with one attached hydrogen (secondary N) is 3. The van der Waals surface area contributed by atoms with Crippen LogP contribution in [0, 0.1) is 6.92 Å². The second kappa shape index (κ2) is 13.2. The first-order valence-electron chi connectivity index (χ1n) is 15.2. The number of carboxylic acids is 1. The van der Waals surface area contributed by atoms with Crippen LogP contribution in [0.25, 0.3) is 16.5 Å². The van der Waals surface area contributed by atoms with Gasteiger partial charge in [0.2, 0.25) is 0 Å². The molecule has 12 nitrogen and oxygen atoms in total. The number of hydrogen-bond acceptors (Lipinski definition) is 8. The number of aromatic nitrogens is 5. The lowest BCUT2D eigenvalue weighted by Gasteiger charge is -2.15. The van der Waals surface area contributed by atoms with E-state index >= 15 is 0 Å². The number of aryl methyl sites for hydroxylation is 1. The Balaban J connectivity index is 1.17. The summed E-state index contributed by atoms with van der Waals surface area (Å²) in [7, 11) is 0. The van der Waals surface area contributed by atoms with E-state index in [1.54, 1.807) is 10.9 Å². The monoisotopic (exact) mass is 642 g/mol. The summed E-state index contributed by atoms with van der Waals surface area (Å²) in [6, 6.07) is 24.4. The Morgan fingerprint density at radius 2 is 1.62 bits per heavy atom. The van der Waals surface area contributed by atoms with Crippen molar-refractivity contribution in [3.8, 4) is 11.4 Å². The van der Waals surface area contributed by atoms with Crippen molar-refractivity contribution in [3.63, 3.8) is 0 Å². The number of benzene rings is 3. The number of nitrogens with zero attached hydrogens (tertiary/aromatic N) is 5. The summed E-state index contributed by atoms with van der Waals surface area (Å²) >= 11 is 0. The lowest BCUT2D eigenvalue weighted by atomic mass is 9.92. The summed E-state index contributed by atoms with van der Waals surface area (Å²) in [6.45, 7) is 8.52. The second-order valence-corrected chi connectivity index (χ2v) is 12.2. The first-order chi connectivity index (χ1) is 23.0. The normalized spacial score (nSPS) is 11.2. The number of carbonyl (C=O) groups is 2. The van der Waals surface area contributed by atoms with Crippen LogP contribution in [0.15, 0.2) is 97.5 Å². The Hall–Kier alpha value is -6.30. The quantitative estimate of drug-likeness (QED) is 0.126. The summed E-state index contributed by atoms with van der Waals surface area (Å²) in [5.41, 5.74) is 3.93. The molecule has 0 saturated heterocycles. The molecule has 0 aliphatic rings. The summed E-state index contributed by atoms with van der Waals surface area (Å²) < 4.78 is 7.97. The Labute approximate surface area is 276 Å². The largest absolute Gasteiger partial charge is 0.488 e. The Bertz CT molecular complexity index is 2100. The summed E-state index contributed by atoms with van der Waals surface area (Å²) in [4.78, 5) is 36.7. The number of rotatable bonds is 9. The molecule has 0 spiro atoms. The van der Waals surface area contributed by atoms with Crippen LogP contribution < -0.4 is 20.7 Å². The second-order valence-electron chi connectivity index (χ2n) is 12.2. The third-order valence-electron chi connectivity index (χ3n) is 7.48. The average Bonchev–Trinajstić information content (AvgIpc) is 3.49. The predicted molar refractivity (Wildman–Crippen MR) is 184 cm³/mol. The third kappa shape index (κ3) is 7.23. The smallest absolute Gasteiger partial charge is 0.356 e. The highest BCUT2D eigenvalue weighted by molar-refractivity contribution is 6.07. The van der Waals surface area contributed by atoms with E-state index in [9.17, 15) is 9.59 Å². The van der Waals surface area contributed by atoms with Gasteiger partial charge in [-0.2, -0.15) is 5.10 Å². The topological polar surface area (TPSA) is 156 Å². The molecule has 0 saturated carbocycles. The molecule has 3 aromatic carbocycles. The molecule has 4 N–H and O–H groups in total. The van der Waals surface area contributed by atoms with E-state index in [4.69, 9.17) is 14.9 Å². The molecule has 6 rings (SSSR count). The van der Waals surface area contributed by atoms with Gasteiger partial charge in [0, 0.05) is 28.5 Å². The molecule has 0 fully saturated rings. The van der Waals surface area contributed by atoms with E-state index in [-0.39, 0.29) is 17.7 Å². The van der Waals surface area contributed by atoms with E-state index in [1.807, 2.05) is 85.8 Å². The number of carbonyl (C=O) groups excluding carboxylic acids is 1. The van der Waals surface area contributed by atoms with Crippen LogP contribution >= 0.6 is 0 Å². The summed E-state index contributed by atoms with van der Waals surface area (Å²) in [5, 5.41) is 24.5. The standard InChI is InChI=1S/C36H34N8O4/c1-22-9-11-24(12-10-22)44-33(18-30(43-44)36(2,3)4)42-35(47)40-27-13-14-29(26-8-6-5-7-25(26)27)48-21-23-15-16-37-31(17-23)41-32-20-38-28(19-39-32)34(45)46/h5-20H,21H2,1-4H3,(H,45,46)(H,37,39,41)(H2,40,42,47). The van der Waals surface area contributed by atoms with Gasteiger partial charge in [0.05, 0.1) is 29.5 Å². The van der Waals surface area contributed by atoms with Gasteiger partial charge in [-0.1, -0.05) is 62.7 Å². The van der Waals surface area contributed by atoms with Crippen LogP contribution in [-0.4, -0.2) is 41.8 Å². The highest BCUT2D eigenvalue weighted by Crippen LogP contribution is 2.33. The van der Waals surface area contributed by atoms with Crippen LogP contribution in [0.2, 0.25) is 0 Å². The number of anilines is 4. The maximum Gasteiger partial charge on any atom is 0.356 e. The Morgan fingerprint density at radius 3 is 2.33 bits per heavy atom. The lowest BCUT2D eigenvalue weighted by Crippen LogP contribution is -2.21. The van der Waals surface area contributed by atoms with Crippen molar-refractivity contribution < 1.29 is 19.4 Å². The van der Waals surface area contributed by atoms with Crippen LogP contribution in [0.4, 0.5) is 27.9 Å². The number of amides is 2. The van der Waals surface area contributed by atoms with Crippen molar-refractivity contribution in [1.82, 2.24) is 24.7 Å². The van der Waals surface area contributed by atoms with Gasteiger partial charge in [0.15, 0.2) is 5.69 Å². The number of pyridine rings is 1. The minimum Gasteiger partial charge on any atom is -0.488 e. The minimum atomic E-state index is -1.15. The van der Waals surface area contributed by atoms with Gasteiger partial charge in [-0.3, -0.25) is 5.32 Å². The summed E-state index contributed by atoms with van der Waals surface area (Å²) in [6.07, 6.45) is 4.14. The highest BCUT2D eigenvalue weighted by Gasteiger charge is 2.22. The Morgan fingerprint density at radius 1 is 0.854 bits per heavy atom. The SMILES string of the molecule is Cc1ccc(-n2nc(C(C)(C)C)cc2NC(=O)Nc2ccc(OCc3ccnc(Nc4cnc(C(=O)O)cn4)c3)c3ccccc23)cc1. The van der Waals surface area contributed by atoms with Crippen LogP contribution in [0.3, 0.4) is 0 Å². The zero-order valence-corrected chi connectivity index (χ0v) is 26.9. The molecule has 2 amide bonds. The fourth-order valence-electron chi connectivity index (χ4n) is 4.92. The zero-order chi connectivity index (χ0) is 33.8. The molecular weight excluding hydrogens is 608 g/mol. The first kappa shape index (κ1) is 31.7. The molecular formula is C36H34N8O4. The minimum absolute atomic E-state index is 0.148. The van der Waals surface area contributed by atoms with Gasteiger partial charge in [-0.15, -0.1) is 0 Å². The van der Waals surface area contributed by atoms with Gasteiger partial charge < -0.3 is 20.5 Å². The molecule has 48 heavy (non-hydrogen) atoms. The number of fused-ring (bicyclic) bond motifs is 1. The average molecular weight is 643 g/mol. The molecule has 6 aromatic rings. The molecule has 0 unspecified atom stereocenters. The van der Waals surface area contributed by atoms with Gasteiger partial charge >= 0.3 is 12.0 Å². The fraction of sp³-hybridized carbons (Fsp3) is 0.167. The molecule has 242 valence electrons. The van der Waals surface area contributed by atoms with Crippen molar-refractivity contribution in [3.05, 3.63) is 120 Å². The molecule has 0 atom stereocenters. The molecule has 0 aliphatic carbocycles. The summed E-state index contributed by atoms with van der Waals surface area (Å²) in [5.74, 6) is 0.911. The number of carboxylic acid groups (broad SMARTS) is 1. The van der Waals surface area contributed by atoms with Crippen LogP contribution in [0.1, 0.15) is 48.1 Å². The molecule has 12 heteroatoms. The van der Waals surface area contributed by atoms with E-state index in [0.717, 1.165) is 33.3 Å². The molecule has 3 aromatic heterocycles. The molecule has 0 radical (unpaired) electrons. The van der Waals surface area contributed by atoms with Crippen LogP contribution in [-0.2, 0) is 12.0 Å². The van der Waals surface area contributed by atoms with Crippen LogP contribution in [0.5, 0.6) is 5.75 Å². The van der Waals surface area contributed by atoms with E-state index in [1.165, 1.54) is 12.4 Å². The number of urea groups is 1. The van der Waals surface area contributed by atoms with Crippen molar-refractivity contribution in [1.29, 1.82) is 0 Å². The highest BCUT2D eigenvalue weighted by atomic mass is 16.5. The third-order valence-corrected chi connectivity index (χ3v) is 7.48. The van der Waals surface area contributed by atoms with Gasteiger partial charge in [-0.05, 0) is 48.9 Å². The number of ether oxygens (including phenoxy) is 1. The van der Waals surface area contributed by atoms with Crippen molar-refractivity contribution in [2.45, 2.75) is 39.7 Å².